The molecule has 5 nitrogen and oxygen atoms in total. The minimum Gasteiger partial charge on any atom is -0.381 e. The smallest absolute Gasteiger partial charge is 0.248 e. The van der Waals surface area contributed by atoms with Gasteiger partial charge in [0.25, 0.3) is 0 Å². The van der Waals surface area contributed by atoms with Crippen molar-refractivity contribution in [3.8, 4) is 0 Å². The zero-order valence-corrected chi connectivity index (χ0v) is 7.95. The van der Waals surface area contributed by atoms with E-state index in [-0.39, 0.29) is 5.91 Å². The first-order valence-electron chi connectivity index (χ1n) is 4.51. The molecule has 13 heavy (non-hydrogen) atoms. The highest BCUT2D eigenvalue weighted by molar-refractivity contribution is 5.77. The quantitative estimate of drug-likeness (QED) is 0.341. The van der Waals surface area contributed by atoms with E-state index in [0.717, 1.165) is 25.9 Å². The highest BCUT2D eigenvalue weighted by Gasteiger charge is 2.19. The number of amides is 1. The first-order chi connectivity index (χ1) is 6.26. The number of carbonyl (C=O) groups excluding carboxylic acids is 1. The summed E-state index contributed by atoms with van der Waals surface area (Å²) in [5, 5.41) is 0. The number of nitrogens with zero attached hydrogens (tertiary/aromatic N) is 1. The van der Waals surface area contributed by atoms with Gasteiger partial charge in [0.15, 0.2) is 0 Å². The van der Waals surface area contributed by atoms with Crippen molar-refractivity contribution in [2.75, 3.05) is 26.7 Å². The molecule has 0 aliphatic carbocycles. The Kier molecular flexibility index (Phi) is 4.14. The first-order valence-corrected chi connectivity index (χ1v) is 4.51. The molecule has 0 atom stereocenters. The normalized spacial score (nSPS) is 20.2. The molecule has 1 heterocycles. The van der Waals surface area contributed by atoms with Crippen LogP contribution in [0.1, 0.15) is 12.8 Å². The van der Waals surface area contributed by atoms with E-state index in [0.29, 0.717) is 12.6 Å². The van der Waals surface area contributed by atoms with Gasteiger partial charge in [-0.2, -0.15) is 0 Å². The number of rotatable bonds is 3. The van der Waals surface area contributed by atoms with Crippen LogP contribution in [0.15, 0.2) is 0 Å². The summed E-state index contributed by atoms with van der Waals surface area (Å²) in [4.78, 5) is 13.0. The van der Waals surface area contributed by atoms with Gasteiger partial charge >= 0.3 is 0 Å². The average Bonchev–Trinajstić information content (AvgIpc) is 2.19. The maximum Gasteiger partial charge on any atom is 0.248 e. The minimum absolute atomic E-state index is 0.129. The minimum atomic E-state index is -0.129. The number of hydrogen-bond acceptors (Lipinski definition) is 4. The molecule has 3 N–H and O–H groups in total. The molecule has 0 saturated carbocycles. The van der Waals surface area contributed by atoms with Crippen molar-refractivity contribution in [1.82, 2.24) is 10.3 Å². The predicted octanol–water partition coefficient (Wildman–Crippen LogP) is -0.913. The van der Waals surface area contributed by atoms with Gasteiger partial charge in [0.2, 0.25) is 5.91 Å². The Morgan fingerprint density at radius 1 is 1.62 bits per heavy atom. The van der Waals surface area contributed by atoms with Gasteiger partial charge in [0.1, 0.15) is 0 Å². The Morgan fingerprint density at radius 2 is 2.23 bits per heavy atom. The van der Waals surface area contributed by atoms with Gasteiger partial charge in [-0.1, -0.05) is 0 Å². The van der Waals surface area contributed by atoms with Crippen LogP contribution in [-0.4, -0.2) is 43.7 Å². The molecule has 1 rings (SSSR count). The number of carbonyl (C=O) groups is 1. The number of hydrazine groups is 1. The third-order valence-electron chi connectivity index (χ3n) is 2.40. The van der Waals surface area contributed by atoms with E-state index in [1.807, 2.05) is 0 Å². The van der Waals surface area contributed by atoms with Gasteiger partial charge in [-0.05, 0) is 12.8 Å². The molecule has 5 heteroatoms. The third kappa shape index (κ3) is 3.30. The van der Waals surface area contributed by atoms with Gasteiger partial charge < -0.3 is 4.74 Å². The Balaban J connectivity index is 2.21. The molecular weight excluding hydrogens is 170 g/mol. The van der Waals surface area contributed by atoms with E-state index in [2.05, 4.69) is 10.3 Å². The van der Waals surface area contributed by atoms with Crippen molar-refractivity contribution in [2.45, 2.75) is 18.9 Å². The first kappa shape index (κ1) is 10.4. The third-order valence-corrected chi connectivity index (χ3v) is 2.40. The Labute approximate surface area is 78.2 Å². The van der Waals surface area contributed by atoms with Crippen LogP contribution in [0.4, 0.5) is 0 Å². The summed E-state index contributed by atoms with van der Waals surface area (Å²) in [7, 11) is 1.73. The monoisotopic (exact) mass is 187 g/mol. The number of methoxy groups -OCH3 is 1. The molecule has 0 aromatic heterocycles. The van der Waals surface area contributed by atoms with Crippen LogP contribution in [0.3, 0.4) is 0 Å². The SMILES string of the molecule is COC1CCN(CC(=O)NN)CC1. The molecule has 1 saturated heterocycles. The summed E-state index contributed by atoms with van der Waals surface area (Å²) in [6.45, 7) is 2.21. The molecule has 0 radical (unpaired) electrons. The van der Waals surface area contributed by atoms with Gasteiger partial charge in [-0.25, -0.2) is 5.84 Å². The molecule has 0 spiro atoms. The molecule has 1 amide bonds. The largest absolute Gasteiger partial charge is 0.381 e. The van der Waals surface area contributed by atoms with Crippen molar-refractivity contribution in [2.24, 2.45) is 5.84 Å². The fourth-order valence-corrected chi connectivity index (χ4v) is 1.55. The van der Waals surface area contributed by atoms with E-state index < -0.39 is 0 Å². The maximum atomic E-state index is 10.9. The maximum absolute atomic E-state index is 10.9. The Hall–Kier alpha value is -0.650. The summed E-state index contributed by atoms with van der Waals surface area (Å²) in [5.74, 6) is 4.86. The summed E-state index contributed by atoms with van der Waals surface area (Å²) in [5.41, 5.74) is 2.13. The molecule has 76 valence electrons. The van der Waals surface area contributed by atoms with Crippen molar-refractivity contribution in [3.05, 3.63) is 0 Å². The number of hydrogen-bond donors (Lipinski definition) is 2. The summed E-state index contributed by atoms with van der Waals surface area (Å²) < 4.78 is 5.22. The molecule has 1 fully saturated rings. The van der Waals surface area contributed by atoms with E-state index in [1.165, 1.54) is 0 Å². The number of nitrogens with one attached hydrogen (secondary N) is 1. The highest BCUT2D eigenvalue weighted by atomic mass is 16.5. The van der Waals surface area contributed by atoms with E-state index in [9.17, 15) is 4.79 Å². The lowest BCUT2D eigenvalue weighted by atomic mass is 10.1. The van der Waals surface area contributed by atoms with Gasteiger partial charge in [0.05, 0.1) is 12.6 Å². The molecule has 0 bridgehead atoms. The standard InChI is InChI=1S/C8H17N3O2/c1-13-7-2-4-11(5-3-7)6-8(12)10-9/h7H,2-6,9H2,1H3,(H,10,12). The average molecular weight is 187 g/mol. The molecule has 0 unspecified atom stereocenters. The Bertz CT molecular complexity index is 167. The number of nitrogens with two attached hydrogens (primary N) is 1. The van der Waals surface area contributed by atoms with Crippen LogP contribution in [0.5, 0.6) is 0 Å². The van der Waals surface area contributed by atoms with Crippen LogP contribution in [0.2, 0.25) is 0 Å². The molecule has 1 aliphatic heterocycles. The lowest BCUT2D eigenvalue weighted by molar-refractivity contribution is -0.122. The van der Waals surface area contributed by atoms with Crippen molar-refractivity contribution < 1.29 is 9.53 Å². The van der Waals surface area contributed by atoms with Crippen molar-refractivity contribution in [3.63, 3.8) is 0 Å². The zero-order chi connectivity index (χ0) is 9.68. The summed E-state index contributed by atoms with van der Waals surface area (Å²) in [6, 6.07) is 0. The van der Waals surface area contributed by atoms with Crippen LogP contribution in [-0.2, 0) is 9.53 Å². The predicted molar refractivity (Wildman–Crippen MR) is 48.8 cm³/mol. The van der Waals surface area contributed by atoms with E-state index in [1.54, 1.807) is 7.11 Å². The van der Waals surface area contributed by atoms with E-state index >= 15 is 0 Å². The Morgan fingerprint density at radius 3 is 2.69 bits per heavy atom. The zero-order valence-electron chi connectivity index (χ0n) is 7.95. The van der Waals surface area contributed by atoms with Crippen molar-refractivity contribution in [1.29, 1.82) is 0 Å². The number of ether oxygens (including phenoxy) is 1. The molecule has 0 aromatic rings. The second-order valence-corrected chi connectivity index (χ2v) is 3.28. The van der Waals surface area contributed by atoms with Gasteiger partial charge in [-0.3, -0.25) is 15.1 Å². The second kappa shape index (κ2) is 5.16. The van der Waals surface area contributed by atoms with Gasteiger partial charge in [0, 0.05) is 20.2 Å². The topological polar surface area (TPSA) is 67.6 Å². The van der Waals surface area contributed by atoms with Crippen LogP contribution < -0.4 is 11.3 Å². The lowest BCUT2D eigenvalue weighted by Gasteiger charge is -2.30. The fourth-order valence-electron chi connectivity index (χ4n) is 1.55. The molecular formula is C8H17N3O2. The molecule has 0 aromatic carbocycles. The second-order valence-electron chi connectivity index (χ2n) is 3.28. The van der Waals surface area contributed by atoms with Crippen LogP contribution in [0.25, 0.3) is 0 Å². The van der Waals surface area contributed by atoms with E-state index in [4.69, 9.17) is 10.6 Å². The summed E-state index contributed by atoms with van der Waals surface area (Å²) in [6.07, 6.45) is 2.35. The lowest BCUT2D eigenvalue weighted by Crippen LogP contribution is -2.44. The van der Waals surface area contributed by atoms with Crippen molar-refractivity contribution >= 4 is 5.91 Å². The van der Waals surface area contributed by atoms with Gasteiger partial charge in [-0.15, -0.1) is 0 Å². The molecule has 1 aliphatic rings. The summed E-state index contributed by atoms with van der Waals surface area (Å²) >= 11 is 0. The number of likely N-dealkylation sites (tertiary alicyclic amines) is 1. The van der Waals surface area contributed by atoms with Crippen LogP contribution >= 0.6 is 0 Å². The fraction of sp³-hybridized carbons (Fsp3) is 0.875. The highest BCUT2D eigenvalue weighted by Crippen LogP contribution is 2.11. The number of piperidine rings is 1. The van der Waals surface area contributed by atoms with Crippen LogP contribution in [0, 0.1) is 0 Å².